The summed E-state index contributed by atoms with van der Waals surface area (Å²) in [5.74, 6) is -1.88. The summed E-state index contributed by atoms with van der Waals surface area (Å²) >= 11 is 0. The Morgan fingerprint density at radius 1 is 1.47 bits per heavy atom. The van der Waals surface area contributed by atoms with Gasteiger partial charge in [-0.25, -0.2) is 4.39 Å². The van der Waals surface area contributed by atoms with Crippen molar-refractivity contribution < 1.29 is 27.5 Å². The SMILES string of the molecule is CCC(Oc1ccc(F)c(C(F)(F)F)c1)/C(N)=N/O. The van der Waals surface area contributed by atoms with E-state index < -0.39 is 23.7 Å². The Hall–Kier alpha value is -1.99. The lowest BCUT2D eigenvalue weighted by Gasteiger charge is -2.17. The van der Waals surface area contributed by atoms with Crippen LogP contribution in [0.2, 0.25) is 0 Å². The highest BCUT2D eigenvalue weighted by atomic mass is 19.4. The lowest BCUT2D eigenvalue weighted by Crippen LogP contribution is -2.33. The Kier molecular flexibility index (Phi) is 4.57. The van der Waals surface area contributed by atoms with Crippen molar-refractivity contribution in [3.8, 4) is 5.75 Å². The second-order valence-corrected chi connectivity index (χ2v) is 3.68. The first-order valence-corrected chi connectivity index (χ1v) is 5.30. The summed E-state index contributed by atoms with van der Waals surface area (Å²) in [7, 11) is 0. The predicted octanol–water partition coefficient (Wildman–Crippen LogP) is 2.75. The van der Waals surface area contributed by atoms with Crippen molar-refractivity contribution in [2.75, 3.05) is 0 Å². The van der Waals surface area contributed by atoms with Gasteiger partial charge in [0.15, 0.2) is 11.9 Å². The van der Waals surface area contributed by atoms with Crippen LogP contribution in [0.15, 0.2) is 23.4 Å². The molecule has 0 saturated carbocycles. The van der Waals surface area contributed by atoms with Gasteiger partial charge in [-0.15, -0.1) is 0 Å². The molecule has 1 atom stereocenters. The topological polar surface area (TPSA) is 67.8 Å². The van der Waals surface area contributed by atoms with Crippen LogP contribution in [0.3, 0.4) is 0 Å². The van der Waals surface area contributed by atoms with E-state index in [4.69, 9.17) is 15.7 Å². The van der Waals surface area contributed by atoms with E-state index in [2.05, 4.69) is 5.16 Å². The maximum Gasteiger partial charge on any atom is 0.419 e. The first-order chi connectivity index (χ1) is 8.79. The van der Waals surface area contributed by atoms with Gasteiger partial charge < -0.3 is 15.7 Å². The molecular formula is C11H12F4N2O2. The molecule has 8 heteroatoms. The Bertz CT molecular complexity index is 474. The maximum absolute atomic E-state index is 13.0. The summed E-state index contributed by atoms with van der Waals surface area (Å²) < 4.78 is 55.6. The van der Waals surface area contributed by atoms with E-state index in [0.717, 1.165) is 6.07 Å². The Morgan fingerprint density at radius 3 is 2.58 bits per heavy atom. The number of halogens is 4. The number of nitrogens with two attached hydrogens (primary N) is 1. The minimum Gasteiger partial charge on any atom is -0.482 e. The molecule has 0 aliphatic carbocycles. The van der Waals surface area contributed by atoms with Crippen LogP contribution in [0.25, 0.3) is 0 Å². The maximum atomic E-state index is 13.0. The third kappa shape index (κ3) is 3.73. The van der Waals surface area contributed by atoms with Gasteiger partial charge in [0.2, 0.25) is 0 Å². The number of ether oxygens (including phenoxy) is 1. The van der Waals surface area contributed by atoms with Crippen molar-refractivity contribution in [3.63, 3.8) is 0 Å². The van der Waals surface area contributed by atoms with Gasteiger partial charge in [-0.1, -0.05) is 12.1 Å². The van der Waals surface area contributed by atoms with Gasteiger partial charge in [-0.2, -0.15) is 13.2 Å². The number of alkyl halides is 3. The fourth-order valence-electron chi connectivity index (χ4n) is 1.38. The molecule has 1 rings (SSSR count). The van der Waals surface area contributed by atoms with Gasteiger partial charge in [0.05, 0.1) is 5.56 Å². The first kappa shape index (κ1) is 15.1. The standard InChI is InChI=1S/C11H12F4N2O2/c1-2-9(10(16)17-18)19-6-3-4-8(12)7(5-6)11(13,14)15/h3-5,9,18H,2H2,1H3,(H2,16,17). The van der Waals surface area contributed by atoms with E-state index >= 15 is 0 Å². The van der Waals surface area contributed by atoms with Crippen LogP contribution in [0, 0.1) is 5.82 Å². The summed E-state index contributed by atoms with van der Waals surface area (Å²) in [6.45, 7) is 1.64. The summed E-state index contributed by atoms with van der Waals surface area (Å²) in [6.07, 6.45) is -5.44. The zero-order valence-electron chi connectivity index (χ0n) is 9.91. The number of hydrogen-bond acceptors (Lipinski definition) is 3. The minimum atomic E-state index is -4.82. The first-order valence-electron chi connectivity index (χ1n) is 5.30. The monoisotopic (exact) mass is 280 g/mol. The smallest absolute Gasteiger partial charge is 0.419 e. The number of nitrogens with zero attached hydrogens (tertiary/aromatic N) is 1. The van der Waals surface area contributed by atoms with Gasteiger partial charge in [0.25, 0.3) is 0 Å². The quantitative estimate of drug-likeness (QED) is 0.293. The van der Waals surface area contributed by atoms with E-state index in [-0.39, 0.29) is 18.0 Å². The van der Waals surface area contributed by atoms with Crippen LogP contribution in [0.4, 0.5) is 17.6 Å². The zero-order chi connectivity index (χ0) is 14.6. The van der Waals surface area contributed by atoms with Crippen molar-refractivity contribution in [1.29, 1.82) is 0 Å². The number of rotatable bonds is 4. The van der Waals surface area contributed by atoms with Gasteiger partial charge >= 0.3 is 6.18 Å². The molecule has 0 heterocycles. The average molecular weight is 280 g/mol. The van der Waals surface area contributed by atoms with Gasteiger partial charge in [0, 0.05) is 0 Å². The molecule has 0 aliphatic rings. The summed E-state index contributed by atoms with van der Waals surface area (Å²) in [4.78, 5) is 0. The van der Waals surface area contributed by atoms with Crippen molar-refractivity contribution in [2.24, 2.45) is 10.9 Å². The van der Waals surface area contributed by atoms with Crippen LogP contribution < -0.4 is 10.5 Å². The molecule has 106 valence electrons. The lowest BCUT2D eigenvalue weighted by molar-refractivity contribution is -0.140. The fourth-order valence-corrected chi connectivity index (χ4v) is 1.38. The van der Waals surface area contributed by atoms with E-state index in [9.17, 15) is 17.6 Å². The van der Waals surface area contributed by atoms with Gasteiger partial charge in [-0.3, -0.25) is 0 Å². The van der Waals surface area contributed by atoms with Crippen LogP contribution in [0.1, 0.15) is 18.9 Å². The highest BCUT2D eigenvalue weighted by Gasteiger charge is 2.34. The molecule has 1 aromatic rings. The van der Waals surface area contributed by atoms with Crippen LogP contribution in [-0.2, 0) is 6.18 Å². The number of oxime groups is 1. The van der Waals surface area contributed by atoms with Gasteiger partial charge in [0.1, 0.15) is 11.6 Å². The van der Waals surface area contributed by atoms with E-state index in [1.54, 1.807) is 6.92 Å². The molecule has 0 bridgehead atoms. The third-order valence-corrected chi connectivity index (χ3v) is 2.34. The summed E-state index contributed by atoms with van der Waals surface area (Å²) in [5, 5.41) is 11.2. The molecule has 0 saturated heterocycles. The molecule has 0 aliphatic heterocycles. The molecule has 3 N–H and O–H groups in total. The zero-order valence-corrected chi connectivity index (χ0v) is 9.91. The second kappa shape index (κ2) is 5.77. The van der Waals surface area contributed by atoms with Crippen LogP contribution in [0.5, 0.6) is 5.75 Å². The normalized spacial score (nSPS) is 14.3. The molecular weight excluding hydrogens is 268 g/mol. The largest absolute Gasteiger partial charge is 0.482 e. The van der Waals surface area contributed by atoms with Crippen molar-refractivity contribution in [1.82, 2.24) is 0 Å². The highest BCUT2D eigenvalue weighted by Crippen LogP contribution is 2.33. The molecule has 0 aromatic heterocycles. The molecule has 1 aromatic carbocycles. The molecule has 0 amide bonds. The Morgan fingerprint density at radius 2 is 2.11 bits per heavy atom. The number of amidine groups is 1. The van der Waals surface area contributed by atoms with Crippen LogP contribution >= 0.6 is 0 Å². The summed E-state index contributed by atoms with van der Waals surface area (Å²) in [5.41, 5.74) is 3.88. The van der Waals surface area contributed by atoms with Crippen LogP contribution in [-0.4, -0.2) is 17.1 Å². The fraction of sp³-hybridized carbons (Fsp3) is 0.364. The van der Waals surface area contributed by atoms with E-state index in [0.29, 0.717) is 12.1 Å². The molecule has 0 fully saturated rings. The minimum absolute atomic E-state index is 0.216. The van der Waals surface area contributed by atoms with Crippen molar-refractivity contribution >= 4 is 5.84 Å². The molecule has 19 heavy (non-hydrogen) atoms. The molecule has 1 unspecified atom stereocenters. The highest BCUT2D eigenvalue weighted by molar-refractivity contribution is 5.84. The number of benzene rings is 1. The third-order valence-electron chi connectivity index (χ3n) is 2.34. The molecule has 4 nitrogen and oxygen atoms in total. The number of hydrogen-bond donors (Lipinski definition) is 2. The summed E-state index contributed by atoms with van der Waals surface area (Å²) in [6, 6.07) is 2.22. The molecule has 0 spiro atoms. The van der Waals surface area contributed by atoms with Crippen molar-refractivity contribution in [3.05, 3.63) is 29.6 Å². The second-order valence-electron chi connectivity index (χ2n) is 3.68. The lowest BCUT2D eigenvalue weighted by atomic mass is 10.2. The van der Waals surface area contributed by atoms with E-state index in [1.807, 2.05) is 0 Å². The Labute approximate surface area is 106 Å². The van der Waals surface area contributed by atoms with E-state index in [1.165, 1.54) is 0 Å². The molecule has 0 radical (unpaired) electrons. The van der Waals surface area contributed by atoms with Crippen molar-refractivity contribution in [2.45, 2.75) is 25.6 Å². The van der Waals surface area contributed by atoms with Gasteiger partial charge in [-0.05, 0) is 24.6 Å². The predicted molar refractivity (Wildman–Crippen MR) is 59.5 cm³/mol. The average Bonchev–Trinajstić information content (AvgIpc) is 2.35. The Balaban J connectivity index is 3.03.